The van der Waals surface area contributed by atoms with Crippen LogP contribution in [0.15, 0.2) is 62.8 Å². The summed E-state index contributed by atoms with van der Waals surface area (Å²) in [5.74, 6) is 1.67. The monoisotopic (exact) mass is 387 g/mol. The van der Waals surface area contributed by atoms with Crippen molar-refractivity contribution >= 4 is 33.3 Å². The first-order valence-electron chi connectivity index (χ1n) is 6.81. The minimum Gasteiger partial charge on any atom is -0.338 e. The lowest BCUT2D eigenvalue weighted by Crippen LogP contribution is -1.88. The molecule has 4 rings (SSSR count). The second-order valence-electron chi connectivity index (χ2n) is 4.72. The third-order valence-electron chi connectivity index (χ3n) is 3.16. The highest BCUT2D eigenvalue weighted by atomic mass is 79.9. The molecule has 1 aromatic carbocycles. The van der Waals surface area contributed by atoms with Gasteiger partial charge in [0.15, 0.2) is 10.8 Å². The fourth-order valence-electron chi connectivity index (χ4n) is 2.10. The zero-order valence-corrected chi connectivity index (χ0v) is 14.2. The van der Waals surface area contributed by atoms with E-state index in [1.807, 2.05) is 53.1 Å². The minimum atomic E-state index is 0.538. The Labute approximate surface area is 144 Å². The minimum absolute atomic E-state index is 0.538. The molecule has 0 aliphatic carbocycles. The zero-order chi connectivity index (χ0) is 15.6. The second-order valence-corrected chi connectivity index (χ2v) is 6.58. The number of benzene rings is 1. The predicted octanol–water partition coefficient (Wildman–Crippen LogP) is 3.83. The van der Waals surface area contributed by atoms with Crippen LogP contribution in [0, 0.1) is 0 Å². The summed E-state index contributed by atoms with van der Waals surface area (Å²) in [6.45, 7) is 0. The molecule has 114 valence electrons. The van der Waals surface area contributed by atoms with E-state index < -0.39 is 0 Å². The van der Waals surface area contributed by atoms with Gasteiger partial charge in [0.05, 0.1) is 5.75 Å². The summed E-state index contributed by atoms with van der Waals surface area (Å²) in [7, 11) is 0. The largest absolute Gasteiger partial charge is 0.338 e. The lowest BCUT2D eigenvalue weighted by atomic mass is 10.2. The highest BCUT2D eigenvalue weighted by Gasteiger charge is 2.11. The van der Waals surface area contributed by atoms with Gasteiger partial charge in [-0.05, 0) is 24.3 Å². The summed E-state index contributed by atoms with van der Waals surface area (Å²) >= 11 is 4.94. The van der Waals surface area contributed by atoms with Crippen molar-refractivity contribution in [3.8, 4) is 11.4 Å². The lowest BCUT2D eigenvalue weighted by molar-refractivity contribution is 0.391. The Morgan fingerprint density at radius 3 is 3.00 bits per heavy atom. The predicted molar refractivity (Wildman–Crippen MR) is 90.0 cm³/mol. The third-order valence-corrected chi connectivity index (χ3v) is 4.58. The van der Waals surface area contributed by atoms with E-state index in [2.05, 4.69) is 36.3 Å². The van der Waals surface area contributed by atoms with Gasteiger partial charge in [-0.15, -0.1) is 10.2 Å². The topological polar surface area (TPSA) is 69.1 Å². The van der Waals surface area contributed by atoms with E-state index in [1.165, 1.54) is 11.8 Å². The molecule has 6 nitrogen and oxygen atoms in total. The number of rotatable bonds is 4. The lowest BCUT2D eigenvalue weighted by Gasteiger charge is -1.96. The molecule has 0 unspecified atom stereocenters. The van der Waals surface area contributed by atoms with E-state index in [9.17, 15) is 0 Å². The summed E-state index contributed by atoms with van der Waals surface area (Å²) in [4.78, 5) is 4.42. The highest BCUT2D eigenvalue weighted by molar-refractivity contribution is 9.10. The number of pyridine rings is 1. The number of nitrogens with zero attached hydrogens (tertiary/aromatic N) is 5. The molecule has 23 heavy (non-hydrogen) atoms. The first-order valence-corrected chi connectivity index (χ1v) is 8.58. The van der Waals surface area contributed by atoms with Crippen LogP contribution in [0.1, 0.15) is 5.89 Å². The van der Waals surface area contributed by atoms with Gasteiger partial charge >= 0.3 is 0 Å². The SMILES string of the molecule is Brc1cccc(-c2noc(CSc3nnc4ccccn34)n2)c1. The molecule has 0 atom stereocenters. The summed E-state index contributed by atoms with van der Waals surface area (Å²) in [5.41, 5.74) is 1.72. The van der Waals surface area contributed by atoms with Gasteiger partial charge in [-0.3, -0.25) is 4.40 Å². The van der Waals surface area contributed by atoms with Crippen LogP contribution in [0.2, 0.25) is 0 Å². The van der Waals surface area contributed by atoms with Crippen molar-refractivity contribution in [2.24, 2.45) is 0 Å². The quantitative estimate of drug-likeness (QED) is 0.495. The summed E-state index contributed by atoms with van der Waals surface area (Å²) in [6.07, 6.45) is 1.93. The van der Waals surface area contributed by atoms with Crippen molar-refractivity contribution in [1.82, 2.24) is 24.7 Å². The molecule has 0 saturated carbocycles. The maximum absolute atomic E-state index is 5.31. The molecule has 0 amide bonds. The normalized spacial score (nSPS) is 11.2. The van der Waals surface area contributed by atoms with Crippen LogP contribution in [-0.4, -0.2) is 24.7 Å². The Morgan fingerprint density at radius 1 is 1.13 bits per heavy atom. The molecule has 8 heteroatoms. The number of hydrogen-bond donors (Lipinski definition) is 0. The fourth-order valence-corrected chi connectivity index (χ4v) is 3.26. The summed E-state index contributed by atoms with van der Waals surface area (Å²) in [5, 5.41) is 13.1. The number of fused-ring (bicyclic) bond motifs is 1. The van der Waals surface area contributed by atoms with E-state index in [1.54, 1.807) is 0 Å². The fraction of sp³-hybridized carbons (Fsp3) is 0.0667. The number of thioether (sulfide) groups is 1. The van der Waals surface area contributed by atoms with Gasteiger partial charge in [0.2, 0.25) is 11.7 Å². The van der Waals surface area contributed by atoms with Gasteiger partial charge in [0.25, 0.3) is 0 Å². The van der Waals surface area contributed by atoms with E-state index >= 15 is 0 Å². The van der Waals surface area contributed by atoms with Crippen molar-refractivity contribution in [2.45, 2.75) is 10.9 Å². The van der Waals surface area contributed by atoms with Gasteiger partial charge in [-0.1, -0.05) is 51.0 Å². The van der Waals surface area contributed by atoms with E-state index in [0.717, 1.165) is 20.8 Å². The van der Waals surface area contributed by atoms with Crippen molar-refractivity contribution in [3.05, 3.63) is 59.0 Å². The first kappa shape index (κ1) is 14.4. The molecule has 0 saturated heterocycles. The van der Waals surface area contributed by atoms with Gasteiger partial charge in [0, 0.05) is 16.2 Å². The Hall–Kier alpha value is -2.19. The molecule has 0 aliphatic heterocycles. The van der Waals surface area contributed by atoms with Crippen LogP contribution in [0.25, 0.3) is 17.0 Å². The van der Waals surface area contributed by atoms with E-state index in [-0.39, 0.29) is 0 Å². The van der Waals surface area contributed by atoms with Gasteiger partial charge < -0.3 is 4.52 Å². The Bertz CT molecular complexity index is 967. The van der Waals surface area contributed by atoms with Crippen LogP contribution >= 0.6 is 27.7 Å². The average Bonchev–Trinajstić information content (AvgIpc) is 3.20. The van der Waals surface area contributed by atoms with Crippen molar-refractivity contribution in [2.75, 3.05) is 0 Å². The Balaban J connectivity index is 1.52. The maximum Gasteiger partial charge on any atom is 0.237 e. The van der Waals surface area contributed by atoms with Gasteiger partial charge in [-0.2, -0.15) is 4.98 Å². The molecule has 0 aliphatic rings. The van der Waals surface area contributed by atoms with Crippen LogP contribution in [0.4, 0.5) is 0 Å². The molecule has 0 spiro atoms. The molecule has 3 aromatic heterocycles. The number of hydrogen-bond acceptors (Lipinski definition) is 6. The third kappa shape index (κ3) is 2.99. The van der Waals surface area contributed by atoms with Crippen molar-refractivity contribution in [1.29, 1.82) is 0 Å². The molecule has 0 bridgehead atoms. The molecule has 0 N–H and O–H groups in total. The molecular weight excluding hydrogens is 378 g/mol. The van der Waals surface area contributed by atoms with Crippen LogP contribution < -0.4 is 0 Å². The van der Waals surface area contributed by atoms with Crippen molar-refractivity contribution < 1.29 is 4.52 Å². The summed E-state index contributed by atoms with van der Waals surface area (Å²) < 4.78 is 8.22. The first-order chi connectivity index (χ1) is 11.3. The molecule has 4 aromatic rings. The number of halogens is 1. The Morgan fingerprint density at radius 2 is 2.09 bits per heavy atom. The summed E-state index contributed by atoms with van der Waals surface area (Å²) in [6, 6.07) is 13.6. The molecule has 0 fully saturated rings. The second kappa shape index (κ2) is 6.13. The van der Waals surface area contributed by atoms with E-state index in [4.69, 9.17) is 4.52 Å². The standard InChI is InChI=1S/C15H10BrN5OS/c16-11-5-3-4-10(8-11)14-17-13(22-20-14)9-23-15-19-18-12-6-1-2-7-21(12)15/h1-8H,9H2. The zero-order valence-electron chi connectivity index (χ0n) is 11.8. The van der Waals surface area contributed by atoms with E-state index in [0.29, 0.717) is 17.5 Å². The smallest absolute Gasteiger partial charge is 0.237 e. The van der Waals surface area contributed by atoms with Crippen LogP contribution in [0.5, 0.6) is 0 Å². The molecular formula is C15H10BrN5OS. The van der Waals surface area contributed by atoms with Gasteiger partial charge in [0.1, 0.15) is 0 Å². The molecule has 3 heterocycles. The van der Waals surface area contributed by atoms with Crippen LogP contribution in [-0.2, 0) is 5.75 Å². The molecule has 0 radical (unpaired) electrons. The highest BCUT2D eigenvalue weighted by Crippen LogP contribution is 2.24. The van der Waals surface area contributed by atoms with Crippen LogP contribution in [0.3, 0.4) is 0 Å². The average molecular weight is 388 g/mol. The van der Waals surface area contributed by atoms with Crippen molar-refractivity contribution in [3.63, 3.8) is 0 Å². The van der Waals surface area contributed by atoms with Gasteiger partial charge in [-0.25, -0.2) is 0 Å². The Kier molecular flexibility index (Phi) is 3.84. The number of aromatic nitrogens is 5. The maximum atomic E-state index is 5.31.